The first kappa shape index (κ1) is 23.8. The van der Waals surface area contributed by atoms with Crippen molar-refractivity contribution in [3.63, 3.8) is 0 Å². The van der Waals surface area contributed by atoms with Gasteiger partial charge in [-0.2, -0.15) is 4.31 Å². The van der Waals surface area contributed by atoms with E-state index >= 15 is 0 Å². The fourth-order valence-corrected chi connectivity index (χ4v) is 4.91. The Morgan fingerprint density at radius 2 is 1.62 bits per heavy atom. The molecule has 12 heteroatoms. The number of alkyl halides is 3. The van der Waals surface area contributed by atoms with Crippen LogP contribution in [0.15, 0.2) is 64.0 Å². The third-order valence-electron chi connectivity index (χ3n) is 5.29. The summed E-state index contributed by atoms with van der Waals surface area (Å²) in [7, 11) is -3.95. The second-order valence-electron chi connectivity index (χ2n) is 7.66. The van der Waals surface area contributed by atoms with Crippen LogP contribution in [-0.4, -0.2) is 61.2 Å². The summed E-state index contributed by atoms with van der Waals surface area (Å²) in [4.78, 5) is 14.1. The smallest absolute Gasteiger partial charge is 0.406 e. The van der Waals surface area contributed by atoms with Gasteiger partial charge in [-0.15, -0.1) is 13.2 Å². The molecule has 1 saturated heterocycles. The molecule has 0 aliphatic carbocycles. The number of carbonyl (C=O) groups is 1. The summed E-state index contributed by atoms with van der Waals surface area (Å²) in [5.41, 5.74) is 2.40. The molecule has 2 aromatic carbocycles. The predicted octanol–water partition coefficient (Wildman–Crippen LogP) is 3.70. The lowest BCUT2D eigenvalue weighted by atomic mass is 10.1. The lowest BCUT2D eigenvalue weighted by Crippen LogP contribution is -2.50. The van der Waals surface area contributed by atoms with Crippen LogP contribution in [0.25, 0.3) is 11.3 Å². The molecule has 3 aromatic rings. The fraction of sp³-hybridized carbons (Fsp3) is 0.273. The number of aryl methyl sites for hydroxylation is 1. The molecule has 1 fully saturated rings. The number of piperazine rings is 1. The van der Waals surface area contributed by atoms with Crippen LogP contribution >= 0.6 is 0 Å². The number of aromatic nitrogens is 1. The van der Waals surface area contributed by atoms with Gasteiger partial charge in [0.05, 0.1) is 4.90 Å². The van der Waals surface area contributed by atoms with E-state index in [-0.39, 0.29) is 36.8 Å². The first-order chi connectivity index (χ1) is 16.0. The molecule has 0 radical (unpaired) electrons. The molecule has 0 unspecified atom stereocenters. The molecule has 180 valence electrons. The van der Waals surface area contributed by atoms with Crippen LogP contribution in [0.5, 0.6) is 5.75 Å². The molecule has 0 bridgehead atoms. The molecule has 8 nitrogen and oxygen atoms in total. The third kappa shape index (κ3) is 5.23. The van der Waals surface area contributed by atoms with Crippen LogP contribution in [0, 0.1) is 6.92 Å². The summed E-state index contributed by atoms with van der Waals surface area (Å²) in [5, 5.41) is 3.95. The minimum absolute atomic E-state index is 0.0217. The van der Waals surface area contributed by atoms with Crippen molar-refractivity contribution in [1.29, 1.82) is 0 Å². The zero-order chi connectivity index (χ0) is 24.5. The molecule has 1 aliphatic rings. The average molecular weight is 495 g/mol. The van der Waals surface area contributed by atoms with Gasteiger partial charge in [0.1, 0.15) is 11.4 Å². The monoisotopic (exact) mass is 495 g/mol. The Hall–Kier alpha value is -3.38. The molecule has 34 heavy (non-hydrogen) atoms. The quantitative estimate of drug-likeness (QED) is 0.536. The Morgan fingerprint density at radius 1 is 1.00 bits per heavy atom. The summed E-state index contributed by atoms with van der Waals surface area (Å²) in [6, 6.07) is 13.1. The number of sulfonamides is 1. The van der Waals surface area contributed by atoms with Crippen LogP contribution in [0.1, 0.15) is 16.1 Å². The zero-order valence-electron chi connectivity index (χ0n) is 17.9. The first-order valence-corrected chi connectivity index (χ1v) is 11.7. The largest absolute Gasteiger partial charge is 0.573 e. The number of hydrogen-bond acceptors (Lipinski definition) is 6. The molecule has 1 aromatic heterocycles. The average Bonchev–Trinajstić information content (AvgIpc) is 3.29. The highest BCUT2D eigenvalue weighted by Crippen LogP contribution is 2.26. The summed E-state index contributed by atoms with van der Waals surface area (Å²) in [5.74, 6) is -0.873. The van der Waals surface area contributed by atoms with Gasteiger partial charge in [-0.3, -0.25) is 4.79 Å². The van der Waals surface area contributed by atoms with Crippen molar-refractivity contribution in [3.05, 3.63) is 65.9 Å². The molecular weight excluding hydrogens is 475 g/mol. The van der Waals surface area contributed by atoms with E-state index in [1.54, 1.807) is 6.07 Å². The Labute approximate surface area is 193 Å². The first-order valence-electron chi connectivity index (χ1n) is 10.2. The maximum Gasteiger partial charge on any atom is 0.573 e. The summed E-state index contributed by atoms with van der Waals surface area (Å²) in [6.07, 6.45) is -4.87. The molecule has 2 heterocycles. The van der Waals surface area contributed by atoms with Gasteiger partial charge < -0.3 is 14.2 Å². The highest BCUT2D eigenvalue weighted by atomic mass is 32.2. The van der Waals surface area contributed by atoms with Gasteiger partial charge in [-0.05, 0) is 31.2 Å². The molecule has 0 atom stereocenters. The van der Waals surface area contributed by atoms with Gasteiger partial charge in [-0.1, -0.05) is 35.0 Å². The Kier molecular flexibility index (Phi) is 6.36. The number of rotatable bonds is 5. The van der Waals surface area contributed by atoms with E-state index in [1.165, 1.54) is 9.21 Å². The molecule has 1 amide bonds. The number of nitrogens with zero attached hydrogens (tertiary/aromatic N) is 3. The standard InChI is InChI=1S/C22H20F3N3O5S/c1-15-2-4-16(5-3-15)19-14-20(33-26-19)21(29)27-10-12-28(13-11-27)34(30,31)18-8-6-17(7-9-18)32-22(23,24)25/h2-9,14H,10-13H2,1H3. The van der Waals surface area contributed by atoms with E-state index in [9.17, 15) is 26.4 Å². The zero-order valence-corrected chi connectivity index (χ0v) is 18.8. The van der Waals surface area contributed by atoms with Crippen molar-refractivity contribution in [2.24, 2.45) is 0 Å². The van der Waals surface area contributed by atoms with Gasteiger partial charge in [0, 0.05) is 37.8 Å². The second kappa shape index (κ2) is 9.11. The van der Waals surface area contributed by atoms with Crippen LogP contribution in [-0.2, 0) is 10.0 Å². The van der Waals surface area contributed by atoms with E-state index in [0.717, 1.165) is 35.4 Å². The SMILES string of the molecule is Cc1ccc(-c2cc(C(=O)N3CCN(S(=O)(=O)c4ccc(OC(F)(F)F)cc4)CC3)on2)cc1. The van der Waals surface area contributed by atoms with Gasteiger partial charge >= 0.3 is 6.36 Å². The number of ether oxygens (including phenoxy) is 1. The summed E-state index contributed by atoms with van der Waals surface area (Å²) < 4.78 is 72.7. The number of halogens is 3. The molecule has 1 aliphatic heterocycles. The highest BCUT2D eigenvalue weighted by Gasteiger charge is 2.33. The van der Waals surface area contributed by atoms with Crippen LogP contribution in [0.4, 0.5) is 13.2 Å². The second-order valence-corrected chi connectivity index (χ2v) is 9.60. The van der Waals surface area contributed by atoms with E-state index in [0.29, 0.717) is 5.69 Å². The topological polar surface area (TPSA) is 93.0 Å². The van der Waals surface area contributed by atoms with E-state index in [2.05, 4.69) is 9.89 Å². The Balaban J connectivity index is 1.39. The van der Waals surface area contributed by atoms with Crippen LogP contribution in [0.3, 0.4) is 0 Å². The van der Waals surface area contributed by atoms with Gasteiger partial charge in [0.25, 0.3) is 5.91 Å². The fourth-order valence-electron chi connectivity index (χ4n) is 3.49. The van der Waals surface area contributed by atoms with Crippen molar-refractivity contribution in [2.45, 2.75) is 18.2 Å². The maximum absolute atomic E-state index is 12.8. The molecule has 0 N–H and O–H groups in total. The maximum atomic E-state index is 12.8. The predicted molar refractivity (Wildman–Crippen MR) is 114 cm³/mol. The lowest BCUT2D eigenvalue weighted by Gasteiger charge is -2.33. The Bertz CT molecular complexity index is 1260. The molecular formula is C22H20F3N3O5S. The van der Waals surface area contributed by atoms with Gasteiger partial charge in [0.15, 0.2) is 0 Å². The minimum atomic E-state index is -4.87. The van der Waals surface area contributed by atoms with Crippen molar-refractivity contribution in [2.75, 3.05) is 26.2 Å². The number of carbonyl (C=O) groups excluding carboxylic acids is 1. The van der Waals surface area contributed by atoms with Crippen molar-refractivity contribution in [1.82, 2.24) is 14.4 Å². The van der Waals surface area contributed by atoms with Gasteiger partial charge in [0.2, 0.25) is 15.8 Å². The summed E-state index contributed by atoms with van der Waals surface area (Å²) in [6.45, 7) is 2.24. The lowest BCUT2D eigenvalue weighted by molar-refractivity contribution is -0.274. The van der Waals surface area contributed by atoms with E-state index in [1.807, 2.05) is 31.2 Å². The minimum Gasteiger partial charge on any atom is -0.406 e. The third-order valence-corrected chi connectivity index (χ3v) is 7.20. The number of hydrogen-bond donors (Lipinski definition) is 0. The van der Waals surface area contributed by atoms with Crippen molar-refractivity contribution < 1.29 is 35.6 Å². The molecule has 0 saturated carbocycles. The van der Waals surface area contributed by atoms with Crippen LogP contribution < -0.4 is 4.74 Å². The molecule has 4 rings (SSSR count). The number of benzene rings is 2. The van der Waals surface area contributed by atoms with Crippen LogP contribution in [0.2, 0.25) is 0 Å². The van der Waals surface area contributed by atoms with Gasteiger partial charge in [-0.25, -0.2) is 8.42 Å². The highest BCUT2D eigenvalue weighted by molar-refractivity contribution is 7.89. The summed E-state index contributed by atoms with van der Waals surface area (Å²) >= 11 is 0. The van der Waals surface area contributed by atoms with E-state index in [4.69, 9.17) is 4.52 Å². The normalized spacial score (nSPS) is 15.4. The number of amides is 1. The Morgan fingerprint density at radius 3 is 2.21 bits per heavy atom. The molecule has 0 spiro atoms. The van der Waals surface area contributed by atoms with Crippen molar-refractivity contribution >= 4 is 15.9 Å². The van der Waals surface area contributed by atoms with E-state index < -0.39 is 28.0 Å². The van der Waals surface area contributed by atoms with Crippen molar-refractivity contribution in [3.8, 4) is 17.0 Å².